The van der Waals surface area contributed by atoms with Gasteiger partial charge >= 0.3 is 6.18 Å². The third kappa shape index (κ3) is 6.09. The van der Waals surface area contributed by atoms with Crippen molar-refractivity contribution in [2.75, 3.05) is 6.61 Å². The highest BCUT2D eigenvalue weighted by Gasteiger charge is 2.28. The Morgan fingerprint density at radius 1 is 1.00 bits per heavy atom. The number of halogens is 3. The van der Waals surface area contributed by atoms with Crippen LogP contribution in [0.1, 0.15) is 35.9 Å². The minimum atomic E-state index is -4.35. The molecule has 5 nitrogen and oxygen atoms in total. The quantitative estimate of drug-likeness (QED) is 0.615. The van der Waals surface area contributed by atoms with Gasteiger partial charge in [-0.3, -0.25) is 0 Å². The molecule has 0 bridgehead atoms. The maximum Gasteiger partial charge on any atom is 0.422 e. The Labute approximate surface area is 160 Å². The number of ether oxygens (including phenoxy) is 1. The normalized spacial score (nSPS) is 12.7. The van der Waals surface area contributed by atoms with Crippen LogP contribution in [0.3, 0.4) is 0 Å². The molecule has 0 radical (unpaired) electrons. The summed E-state index contributed by atoms with van der Waals surface area (Å²) >= 11 is 0. The SMILES string of the molecule is C[C@@H](NCc1nnc(Cc2ccccc2)o1)c1ccc(OCC(F)(F)F)cc1. The van der Waals surface area contributed by atoms with E-state index in [9.17, 15) is 13.2 Å². The molecule has 0 aliphatic rings. The fraction of sp³-hybridized carbons (Fsp3) is 0.300. The van der Waals surface area contributed by atoms with E-state index in [0.717, 1.165) is 11.1 Å². The summed E-state index contributed by atoms with van der Waals surface area (Å²) < 4.78 is 46.9. The molecule has 0 aliphatic carbocycles. The molecule has 0 saturated heterocycles. The summed E-state index contributed by atoms with van der Waals surface area (Å²) in [4.78, 5) is 0. The summed E-state index contributed by atoms with van der Waals surface area (Å²) in [5, 5.41) is 11.3. The van der Waals surface area contributed by atoms with Gasteiger partial charge < -0.3 is 14.5 Å². The zero-order chi connectivity index (χ0) is 20.0. The summed E-state index contributed by atoms with van der Waals surface area (Å²) in [6.45, 7) is 1.02. The zero-order valence-corrected chi connectivity index (χ0v) is 15.2. The highest BCUT2D eigenvalue weighted by Crippen LogP contribution is 2.21. The van der Waals surface area contributed by atoms with Crippen molar-refractivity contribution in [2.45, 2.75) is 32.1 Å². The van der Waals surface area contributed by atoms with Crippen molar-refractivity contribution in [3.8, 4) is 5.75 Å². The molecule has 2 aromatic carbocycles. The number of hydrogen-bond acceptors (Lipinski definition) is 5. The molecule has 0 spiro atoms. The second kappa shape index (κ2) is 8.88. The molecule has 1 N–H and O–H groups in total. The minimum absolute atomic E-state index is 0.0545. The summed E-state index contributed by atoms with van der Waals surface area (Å²) in [6.07, 6.45) is -3.78. The monoisotopic (exact) mass is 391 g/mol. The molecule has 0 unspecified atom stereocenters. The van der Waals surface area contributed by atoms with Gasteiger partial charge in [0.1, 0.15) is 5.75 Å². The van der Waals surface area contributed by atoms with Crippen LogP contribution in [0.2, 0.25) is 0 Å². The molecule has 148 valence electrons. The number of hydrogen-bond donors (Lipinski definition) is 1. The smallest absolute Gasteiger partial charge is 0.422 e. The predicted octanol–water partition coefficient (Wildman–Crippen LogP) is 4.45. The third-order valence-electron chi connectivity index (χ3n) is 4.05. The molecule has 3 aromatic rings. The Bertz CT molecular complexity index is 864. The molecular weight excluding hydrogens is 371 g/mol. The van der Waals surface area contributed by atoms with E-state index >= 15 is 0 Å². The van der Waals surface area contributed by atoms with Crippen LogP contribution >= 0.6 is 0 Å². The van der Waals surface area contributed by atoms with Gasteiger partial charge in [-0.25, -0.2) is 0 Å². The number of alkyl halides is 3. The molecule has 0 aliphatic heterocycles. The molecular formula is C20H20F3N3O2. The van der Waals surface area contributed by atoms with Gasteiger partial charge in [0.2, 0.25) is 11.8 Å². The van der Waals surface area contributed by atoms with Crippen molar-refractivity contribution in [3.63, 3.8) is 0 Å². The van der Waals surface area contributed by atoms with Gasteiger partial charge in [-0.15, -0.1) is 10.2 Å². The topological polar surface area (TPSA) is 60.2 Å². The summed E-state index contributed by atoms with van der Waals surface area (Å²) in [7, 11) is 0. The van der Waals surface area contributed by atoms with Gasteiger partial charge in [0.15, 0.2) is 6.61 Å². The lowest BCUT2D eigenvalue weighted by atomic mass is 10.1. The highest BCUT2D eigenvalue weighted by atomic mass is 19.4. The van der Waals surface area contributed by atoms with E-state index in [1.165, 1.54) is 12.1 Å². The molecule has 28 heavy (non-hydrogen) atoms. The fourth-order valence-corrected chi connectivity index (χ4v) is 2.58. The van der Waals surface area contributed by atoms with Crippen LogP contribution in [-0.2, 0) is 13.0 Å². The van der Waals surface area contributed by atoms with Crippen LogP contribution in [0.15, 0.2) is 59.0 Å². The number of nitrogens with zero attached hydrogens (tertiary/aromatic N) is 2. The zero-order valence-electron chi connectivity index (χ0n) is 15.2. The third-order valence-corrected chi connectivity index (χ3v) is 4.05. The lowest BCUT2D eigenvalue weighted by Gasteiger charge is -2.14. The molecule has 0 amide bonds. The van der Waals surface area contributed by atoms with Crippen LogP contribution in [0.5, 0.6) is 5.75 Å². The summed E-state index contributed by atoms with van der Waals surface area (Å²) in [5.41, 5.74) is 2.00. The standard InChI is InChI=1S/C20H20F3N3O2/c1-14(16-7-9-17(10-8-16)27-13-20(21,22)23)24-12-19-26-25-18(28-19)11-15-5-3-2-4-6-15/h2-10,14,24H,11-13H2,1H3/t14-/m1/s1. The van der Waals surface area contributed by atoms with E-state index in [4.69, 9.17) is 9.15 Å². The molecule has 3 rings (SSSR count). The number of nitrogens with one attached hydrogen (secondary N) is 1. The highest BCUT2D eigenvalue weighted by molar-refractivity contribution is 5.29. The number of rotatable bonds is 8. The van der Waals surface area contributed by atoms with Crippen LogP contribution in [0, 0.1) is 0 Å². The van der Waals surface area contributed by atoms with E-state index in [1.807, 2.05) is 37.3 Å². The van der Waals surface area contributed by atoms with Gasteiger partial charge in [-0.2, -0.15) is 13.2 Å². The van der Waals surface area contributed by atoms with Crippen molar-refractivity contribution in [1.29, 1.82) is 0 Å². The maximum atomic E-state index is 12.2. The second-order valence-electron chi connectivity index (χ2n) is 6.33. The van der Waals surface area contributed by atoms with E-state index in [1.54, 1.807) is 12.1 Å². The maximum absolute atomic E-state index is 12.2. The van der Waals surface area contributed by atoms with Gasteiger partial charge in [0, 0.05) is 6.04 Å². The van der Waals surface area contributed by atoms with Gasteiger partial charge in [0.25, 0.3) is 0 Å². The largest absolute Gasteiger partial charge is 0.484 e. The van der Waals surface area contributed by atoms with Crippen LogP contribution < -0.4 is 10.1 Å². The van der Waals surface area contributed by atoms with Crippen molar-refractivity contribution in [1.82, 2.24) is 15.5 Å². The predicted molar refractivity (Wildman–Crippen MR) is 96.8 cm³/mol. The first-order valence-electron chi connectivity index (χ1n) is 8.77. The van der Waals surface area contributed by atoms with E-state index in [-0.39, 0.29) is 11.8 Å². The van der Waals surface area contributed by atoms with Crippen molar-refractivity contribution in [3.05, 3.63) is 77.5 Å². The average molecular weight is 391 g/mol. The number of benzene rings is 2. The van der Waals surface area contributed by atoms with E-state index in [0.29, 0.717) is 24.7 Å². The van der Waals surface area contributed by atoms with Crippen molar-refractivity contribution >= 4 is 0 Å². The minimum Gasteiger partial charge on any atom is -0.484 e. The molecule has 1 atom stereocenters. The van der Waals surface area contributed by atoms with Crippen molar-refractivity contribution < 1.29 is 22.3 Å². The molecule has 1 aromatic heterocycles. The Kier molecular flexibility index (Phi) is 6.30. The summed E-state index contributed by atoms with van der Waals surface area (Å²) in [5.74, 6) is 1.19. The lowest BCUT2D eigenvalue weighted by Crippen LogP contribution is -2.19. The van der Waals surface area contributed by atoms with Gasteiger partial charge in [-0.05, 0) is 30.2 Å². The Morgan fingerprint density at radius 3 is 2.36 bits per heavy atom. The first kappa shape index (κ1) is 19.9. The fourth-order valence-electron chi connectivity index (χ4n) is 2.58. The van der Waals surface area contributed by atoms with Gasteiger partial charge in [-0.1, -0.05) is 42.5 Å². The van der Waals surface area contributed by atoms with Crippen LogP contribution in [-0.4, -0.2) is 23.0 Å². The molecule has 0 saturated carbocycles. The second-order valence-corrected chi connectivity index (χ2v) is 6.33. The lowest BCUT2D eigenvalue weighted by molar-refractivity contribution is -0.153. The summed E-state index contributed by atoms with van der Waals surface area (Å²) in [6, 6.07) is 16.3. The van der Waals surface area contributed by atoms with E-state index < -0.39 is 12.8 Å². The van der Waals surface area contributed by atoms with E-state index in [2.05, 4.69) is 15.5 Å². The van der Waals surface area contributed by atoms with Gasteiger partial charge in [0.05, 0.1) is 13.0 Å². The Morgan fingerprint density at radius 2 is 1.68 bits per heavy atom. The molecule has 1 heterocycles. The Balaban J connectivity index is 1.49. The molecule has 0 fully saturated rings. The average Bonchev–Trinajstić information content (AvgIpc) is 3.12. The van der Waals surface area contributed by atoms with Crippen LogP contribution in [0.4, 0.5) is 13.2 Å². The Hall–Kier alpha value is -2.87. The number of aromatic nitrogens is 2. The van der Waals surface area contributed by atoms with Crippen LogP contribution in [0.25, 0.3) is 0 Å². The first-order valence-corrected chi connectivity index (χ1v) is 8.77. The molecule has 8 heteroatoms. The first-order chi connectivity index (χ1) is 13.4. The van der Waals surface area contributed by atoms with Crippen molar-refractivity contribution in [2.24, 2.45) is 0 Å².